The summed E-state index contributed by atoms with van der Waals surface area (Å²) < 4.78 is 1.09. The fourth-order valence-electron chi connectivity index (χ4n) is 1.81. The van der Waals surface area contributed by atoms with E-state index in [4.69, 9.17) is 0 Å². The van der Waals surface area contributed by atoms with Gasteiger partial charge in [0.1, 0.15) is 0 Å². The van der Waals surface area contributed by atoms with Gasteiger partial charge in [-0.15, -0.1) is 0 Å². The van der Waals surface area contributed by atoms with Gasteiger partial charge in [0, 0.05) is 24.0 Å². The van der Waals surface area contributed by atoms with Crippen LogP contribution in [0.3, 0.4) is 0 Å². The maximum absolute atomic E-state index is 11.5. The number of halogens is 1. The first-order valence-electron chi connectivity index (χ1n) is 5.54. The first-order chi connectivity index (χ1) is 7.75. The van der Waals surface area contributed by atoms with E-state index in [1.165, 1.54) is 5.56 Å². The number of nitrogens with zero attached hydrogens (tertiary/aromatic N) is 1. The fourth-order valence-corrected chi connectivity index (χ4v) is 2.26. The van der Waals surface area contributed by atoms with Crippen LogP contribution in [0, 0.1) is 0 Å². The Bertz CT molecular complexity index is 381. The molecule has 1 N–H and O–H groups in total. The van der Waals surface area contributed by atoms with Crippen molar-refractivity contribution in [3.63, 3.8) is 0 Å². The van der Waals surface area contributed by atoms with Crippen LogP contribution in [0.2, 0.25) is 0 Å². The number of nitrogens with one attached hydrogen (secondary N) is 1. The van der Waals surface area contributed by atoms with Crippen molar-refractivity contribution < 1.29 is 4.79 Å². The van der Waals surface area contributed by atoms with E-state index in [1.807, 2.05) is 12.1 Å². The molecule has 0 aliphatic carbocycles. The van der Waals surface area contributed by atoms with Crippen LogP contribution in [0.5, 0.6) is 0 Å². The van der Waals surface area contributed by atoms with Crippen molar-refractivity contribution in [2.45, 2.75) is 19.3 Å². The zero-order chi connectivity index (χ0) is 11.4. The lowest BCUT2D eigenvalue weighted by atomic mass is 10.1. The molecule has 1 heterocycles. The summed E-state index contributed by atoms with van der Waals surface area (Å²) in [5.41, 5.74) is 4.37. The summed E-state index contributed by atoms with van der Waals surface area (Å²) >= 11 is 3.44. The lowest BCUT2D eigenvalue weighted by Gasteiger charge is -2.27. The number of amides is 1. The van der Waals surface area contributed by atoms with Gasteiger partial charge in [0.05, 0.1) is 0 Å². The van der Waals surface area contributed by atoms with E-state index in [0.29, 0.717) is 6.42 Å². The van der Waals surface area contributed by atoms with Crippen LogP contribution in [0.4, 0.5) is 0 Å². The van der Waals surface area contributed by atoms with Gasteiger partial charge >= 0.3 is 0 Å². The summed E-state index contributed by atoms with van der Waals surface area (Å²) in [5.74, 6) is 0.209. The van der Waals surface area contributed by atoms with Crippen molar-refractivity contribution in [3.05, 3.63) is 34.3 Å². The van der Waals surface area contributed by atoms with Crippen LogP contribution >= 0.6 is 15.9 Å². The summed E-state index contributed by atoms with van der Waals surface area (Å²) in [4.78, 5) is 11.5. The molecule has 3 nitrogen and oxygen atoms in total. The SMILES string of the molecule is O=C1CCCNN1CCc1cccc(Br)c1. The molecular weight excluding hydrogens is 268 g/mol. The molecule has 0 atom stereocenters. The quantitative estimate of drug-likeness (QED) is 0.921. The number of carbonyl (C=O) groups excluding carboxylic acids is 1. The zero-order valence-corrected chi connectivity index (χ0v) is 10.7. The fraction of sp³-hybridized carbons (Fsp3) is 0.417. The second-order valence-electron chi connectivity index (χ2n) is 3.94. The number of hydrazine groups is 1. The summed E-state index contributed by atoms with van der Waals surface area (Å²) in [6, 6.07) is 8.20. The van der Waals surface area contributed by atoms with E-state index in [0.717, 1.165) is 30.4 Å². The van der Waals surface area contributed by atoms with Crippen LogP contribution in [-0.4, -0.2) is 24.0 Å². The highest BCUT2D eigenvalue weighted by atomic mass is 79.9. The van der Waals surface area contributed by atoms with Gasteiger partial charge < -0.3 is 0 Å². The molecule has 0 radical (unpaired) electrons. The van der Waals surface area contributed by atoms with E-state index in [2.05, 4.69) is 33.5 Å². The Hall–Kier alpha value is -0.870. The third-order valence-electron chi connectivity index (χ3n) is 2.68. The number of rotatable bonds is 3. The summed E-state index contributed by atoms with van der Waals surface area (Å²) in [5, 5.41) is 1.74. The van der Waals surface area contributed by atoms with Gasteiger partial charge in [-0.25, -0.2) is 5.43 Å². The van der Waals surface area contributed by atoms with Crippen LogP contribution in [-0.2, 0) is 11.2 Å². The summed E-state index contributed by atoms with van der Waals surface area (Å²) in [7, 11) is 0. The predicted octanol–water partition coefficient (Wildman–Crippen LogP) is 2.12. The second kappa shape index (κ2) is 5.46. The Morgan fingerprint density at radius 3 is 3.06 bits per heavy atom. The van der Waals surface area contributed by atoms with E-state index >= 15 is 0 Å². The largest absolute Gasteiger partial charge is 0.278 e. The number of hydrogen-bond acceptors (Lipinski definition) is 2. The number of benzene rings is 1. The van der Waals surface area contributed by atoms with Gasteiger partial charge in [0.15, 0.2) is 0 Å². The molecule has 4 heteroatoms. The van der Waals surface area contributed by atoms with Crippen LogP contribution in [0.25, 0.3) is 0 Å². The topological polar surface area (TPSA) is 32.3 Å². The predicted molar refractivity (Wildman–Crippen MR) is 66.8 cm³/mol. The van der Waals surface area contributed by atoms with Crippen LogP contribution < -0.4 is 5.43 Å². The lowest BCUT2D eigenvalue weighted by molar-refractivity contribution is -0.136. The molecule has 0 bridgehead atoms. The number of carbonyl (C=O) groups is 1. The minimum atomic E-state index is 0.209. The van der Waals surface area contributed by atoms with Crippen molar-refractivity contribution in [1.82, 2.24) is 10.4 Å². The molecule has 0 saturated carbocycles. The molecule has 1 fully saturated rings. The van der Waals surface area contributed by atoms with E-state index in [9.17, 15) is 4.79 Å². The molecular formula is C12H15BrN2O. The average molecular weight is 283 g/mol. The van der Waals surface area contributed by atoms with E-state index < -0.39 is 0 Å². The van der Waals surface area contributed by atoms with Gasteiger partial charge in [-0.05, 0) is 30.5 Å². The molecule has 0 unspecified atom stereocenters. The third kappa shape index (κ3) is 3.06. The molecule has 86 valence electrons. The molecule has 1 amide bonds. The zero-order valence-electron chi connectivity index (χ0n) is 9.08. The Labute approximate surface area is 104 Å². The maximum Gasteiger partial charge on any atom is 0.236 e. The molecule has 16 heavy (non-hydrogen) atoms. The highest BCUT2D eigenvalue weighted by Crippen LogP contribution is 2.12. The van der Waals surface area contributed by atoms with Gasteiger partial charge in [0.25, 0.3) is 0 Å². The molecule has 1 aliphatic rings. The average Bonchev–Trinajstić information content (AvgIpc) is 2.28. The Morgan fingerprint density at radius 1 is 1.44 bits per heavy atom. The van der Waals surface area contributed by atoms with E-state index in [-0.39, 0.29) is 5.91 Å². The summed E-state index contributed by atoms with van der Waals surface area (Å²) in [6.07, 6.45) is 2.51. The highest BCUT2D eigenvalue weighted by molar-refractivity contribution is 9.10. The van der Waals surface area contributed by atoms with Crippen molar-refractivity contribution in [3.8, 4) is 0 Å². The third-order valence-corrected chi connectivity index (χ3v) is 3.18. The van der Waals surface area contributed by atoms with Crippen molar-refractivity contribution in [2.75, 3.05) is 13.1 Å². The normalized spacial score (nSPS) is 16.6. The van der Waals surface area contributed by atoms with Crippen LogP contribution in [0.15, 0.2) is 28.7 Å². The molecule has 1 aliphatic heterocycles. The minimum Gasteiger partial charge on any atom is -0.278 e. The van der Waals surface area contributed by atoms with Gasteiger partial charge in [-0.2, -0.15) is 0 Å². The standard InChI is InChI=1S/C12H15BrN2O/c13-11-4-1-3-10(9-11)6-8-15-12(16)5-2-7-14-15/h1,3-4,9,14H,2,5-8H2. The maximum atomic E-state index is 11.5. The van der Waals surface area contributed by atoms with Gasteiger partial charge in [-0.3, -0.25) is 9.80 Å². The molecule has 2 rings (SSSR count). The molecule has 1 aromatic carbocycles. The first kappa shape index (κ1) is 11.6. The van der Waals surface area contributed by atoms with Gasteiger partial charge in [-0.1, -0.05) is 28.1 Å². The Balaban J connectivity index is 1.89. The van der Waals surface area contributed by atoms with Crippen LogP contribution in [0.1, 0.15) is 18.4 Å². The Kier molecular flexibility index (Phi) is 3.96. The summed E-state index contributed by atoms with van der Waals surface area (Å²) in [6.45, 7) is 1.65. The van der Waals surface area contributed by atoms with Crippen molar-refractivity contribution in [2.24, 2.45) is 0 Å². The monoisotopic (exact) mass is 282 g/mol. The minimum absolute atomic E-state index is 0.209. The Morgan fingerprint density at radius 2 is 2.31 bits per heavy atom. The molecule has 0 spiro atoms. The smallest absolute Gasteiger partial charge is 0.236 e. The molecule has 1 saturated heterocycles. The second-order valence-corrected chi connectivity index (χ2v) is 4.85. The molecule has 1 aromatic rings. The van der Waals surface area contributed by atoms with E-state index in [1.54, 1.807) is 5.01 Å². The number of hydrogen-bond donors (Lipinski definition) is 1. The highest BCUT2D eigenvalue weighted by Gasteiger charge is 2.16. The van der Waals surface area contributed by atoms with Crippen molar-refractivity contribution in [1.29, 1.82) is 0 Å². The van der Waals surface area contributed by atoms with Crippen molar-refractivity contribution >= 4 is 21.8 Å². The lowest BCUT2D eigenvalue weighted by Crippen LogP contribution is -2.47. The molecule has 0 aromatic heterocycles. The first-order valence-corrected chi connectivity index (χ1v) is 6.33. The van der Waals surface area contributed by atoms with Gasteiger partial charge in [0.2, 0.25) is 5.91 Å².